The third-order valence-corrected chi connectivity index (χ3v) is 5.31. The number of thioether (sulfide) groups is 1. The van der Waals surface area contributed by atoms with Crippen LogP contribution in [0.15, 0.2) is 53.6 Å². The Balaban J connectivity index is 1.52. The summed E-state index contributed by atoms with van der Waals surface area (Å²) in [6.45, 7) is 1.25. The second-order valence-electron chi connectivity index (χ2n) is 6.36. The van der Waals surface area contributed by atoms with Gasteiger partial charge in [-0.3, -0.25) is 4.79 Å². The highest BCUT2D eigenvalue weighted by Gasteiger charge is 2.31. The largest absolute Gasteiger partial charge is 0.417 e. The maximum Gasteiger partial charge on any atom is 0.417 e. The van der Waals surface area contributed by atoms with Gasteiger partial charge in [0, 0.05) is 30.2 Å². The molecule has 2 heterocycles. The Morgan fingerprint density at radius 2 is 2.00 bits per heavy atom. The first-order valence-corrected chi connectivity index (χ1v) is 9.66. The molecule has 1 fully saturated rings. The fourth-order valence-corrected chi connectivity index (χ4v) is 3.71. The van der Waals surface area contributed by atoms with E-state index in [-0.39, 0.29) is 11.9 Å². The number of benzene rings is 1. The van der Waals surface area contributed by atoms with E-state index in [4.69, 9.17) is 0 Å². The van der Waals surface area contributed by atoms with Gasteiger partial charge in [-0.1, -0.05) is 18.2 Å². The van der Waals surface area contributed by atoms with Crippen LogP contribution in [0.3, 0.4) is 0 Å². The molecule has 0 spiro atoms. The van der Waals surface area contributed by atoms with Crippen LogP contribution < -0.4 is 10.2 Å². The summed E-state index contributed by atoms with van der Waals surface area (Å²) >= 11 is 1.47. The number of amides is 1. The van der Waals surface area contributed by atoms with Crippen LogP contribution in [0.4, 0.5) is 19.0 Å². The zero-order valence-corrected chi connectivity index (χ0v) is 15.4. The molecule has 4 nitrogen and oxygen atoms in total. The fraction of sp³-hybridized carbons (Fsp3) is 0.368. The van der Waals surface area contributed by atoms with E-state index in [9.17, 15) is 18.0 Å². The molecule has 1 aromatic carbocycles. The minimum atomic E-state index is -4.39. The van der Waals surface area contributed by atoms with Gasteiger partial charge in [0.15, 0.2) is 0 Å². The van der Waals surface area contributed by atoms with Gasteiger partial charge in [-0.25, -0.2) is 4.98 Å². The molecule has 0 unspecified atom stereocenters. The first kappa shape index (κ1) is 19.5. The Morgan fingerprint density at radius 1 is 1.22 bits per heavy atom. The SMILES string of the molecule is O=C(CSc1ccccc1)N[C@@H]1CCCN(c2ccc(C(F)(F)F)cn2)C1. The predicted molar refractivity (Wildman–Crippen MR) is 99.8 cm³/mol. The molecule has 27 heavy (non-hydrogen) atoms. The average molecular weight is 395 g/mol. The van der Waals surface area contributed by atoms with E-state index in [0.717, 1.165) is 30.0 Å². The van der Waals surface area contributed by atoms with Crippen LogP contribution >= 0.6 is 11.8 Å². The van der Waals surface area contributed by atoms with Crippen molar-refractivity contribution in [1.29, 1.82) is 0 Å². The number of anilines is 1. The van der Waals surface area contributed by atoms with Gasteiger partial charge in [-0.15, -0.1) is 11.8 Å². The lowest BCUT2D eigenvalue weighted by atomic mass is 10.1. The van der Waals surface area contributed by atoms with Crippen molar-refractivity contribution in [2.24, 2.45) is 0 Å². The number of halogens is 3. The van der Waals surface area contributed by atoms with Crippen molar-refractivity contribution in [1.82, 2.24) is 10.3 Å². The summed E-state index contributed by atoms with van der Waals surface area (Å²) in [4.78, 5) is 19.1. The monoisotopic (exact) mass is 395 g/mol. The summed E-state index contributed by atoms with van der Waals surface area (Å²) in [5.74, 6) is 0.788. The lowest BCUT2D eigenvalue weighted by molar-refractivity contribution is -0.137. The van der Waals surface area contributed by atoms with Crippen LogP contribution in [-0.4, -0.2) is 35.8 Å². The van der Waals surface area contributed by atoms with Gasteiger partial charge in [0.1, 0.15) is 5.82 Å². The van der Waals surface area contributed by atoms with E-state index in [1.807, 2.05) is 35.2 Å². The Morgan fingerprint density at radius 3 is 2.67 bits per heavy atom. The molecule has 1 N–H and O–H groups in total. The van der Waals surface area contributed by atoms with Crippen LogP contribution in [0.1, 0.15) is 18.4 Å². The molecule has 1 saturated heterocycles. The summed E-state index contributed by atoms with van der Waals surface area (Å²) in [6, 6.07) is 12.1. The number of piperidine rings is 1. The number of nitrogens with one attached hydrogen (secondary N) is 1. The zero-order valence-electron chi connectivity index (χ0n) is 14.6. The molecule has 1 aliphatic heterocycles. The summed E-state index contributed by atoms with van der Waals surface area (Å²) in [5.41, 5.74) is -0.758. The summed E-state index contributed by atoms with van der Waals surface area (Å²) < 4.78 is 38.0. The lowest BCUT2D eigenvalue weighted by Gasteiger charge is -2.34. The molecule has 1 amide bonds. The van der Waals surface area contributed by atoms with Crippen molar-refractivity contribution in [3.8, 4) is 0 Å². The van der Waals surface area contributed by atoms with Gasteiger partial charge in [0.25, 0.3) is 0 Å². The number of pyridine rings is 1. The topological polar surface area (TPSA) is 45.2 Å². The van der Waals surface area contributed by atoms with E-state index < -0.39 is 11.7 Å². The highest BCUT2D eigenvalue weighted by molar-refractivity contribution is 8.00. The van der Waals surface area contributed by atoms with Crippen molar-refractivity contribution in [2.75, 3.05) is 23.7 Å². The molecule has 8 heteroatoms. The summed E-state index contributed by atoms with van der Waals surface area (Å²) in [7, 11) is 0. The molecule has 3 rings (SSSR count). The zero-order chi connectivity index (χ0) is 19.3. The van der Waals surface area contributed by atoms with Gasteiger partial charge in [0.05, 0.1) is 11.3 Å². The third kappa shape index (κ3) is 5.63. The summed E-state index contributed by atoms with van der Waals surface area (Å²) in [5, 5.41) is 3.02. The number of hydrogen-bond acceptors (Lipinski definition) is 4. The number of carbonyl (C=O) groups is 1. The highest BCUT2D eigenvalue weighted by atomic mass is 32.2. The molecule has 2 aromatic rings. The van der Waals surface area contributed by atoms with Gasteiger partial charge in [-0.2, -0.15) is 13.2 Å². The summed E-state index contributed by atoms with van der Waals surface area (Å²) in [6.07, 6.45) is -1.84. The van der Waals surface area contributed by atoms with E-state index >= 15 is 0 Å². The van der Waals surface area contributed by atoms with Gasteiger partial charge >= 0.3 is 6.18 Å². The van der Waals surface area contributed by atoms with E-state index in [2.05, 4.69) is 10.3 Å². The number of carbonyl (C=O) groups excluding carboxylic acids is 1. The number of rotatable bonds is 5. The fourth-order valence-electron chi connectivity index (χ4n) is 2.98. The first-order valence-electron chi connectivity index (χ1n) is 8.67. The van der Waals surface area contributed by atoms with Crippen molar-refractivity contribution < 1.29 is 18.0 Å². The van der Waals surface area contributed by atoms with Crippen LogP contribution in [0, 0.1) is 0 Å². The van der Waals surface area contributed by atoms with E-state index in [0.29, 0.717) is 24.7 Å². The number of alkyl halides is 3. The van der Waals surface area contributed by atoms with E-state index in [1.165, 1.54) is 17.8 Å². The lowest BCUT2D eigenvalue weighted by Crippen LogP contribution is -2.48. The quantitative estimate of drug-likeness (QED) is 0.778. The van der Waals surface area contributed by atoms with Crippen molar-refractivity contribution >= 4 is 23.5 Å². The van der Waals surface area contributed by atoms with E-state index in [1.54, 1.807) is 0 Å². The van der Waals surface area contributed by atoms with Gasteiger partial charge in [0.2, 0.25) is 5.91 Å². The number of hydrogen-bond donors (Lipinski definition) is 1. The molecule has 1 aromatic heterocycles. The molecule has 0 aliphatic carbocycles. The normalized spacial score (nSPS) is 17.6. The first-order chi connectivity index (χ1) is 12.9. The Hall–Kier alpha value is -2.22. The maximum atomic E-state index is 12.7. The molecule has 0 saturated carbocycles. The molecular formula is C19H20F3N3OS. The minimum absolute atomic E-state index is 0.0354. The second kappa shape index (κ2) is 8.65. The smallest absolute Gasteiger partial charge is 0.355 e. The van der Waals surface area contributed by atoms with Gasteiger partial charge in [-0.05, 0) is 37.1 Å². The van der Waals surface area contributed by atoms with Crippen LogP contribution in [0.5, 0.6) is 0 Å². The standard InChI is InChI=1S/C19H20F3N3OS/c20-19(21,22)14-8-9-17(23-11-14)25-10-4-5-15(12-25)24-18(26)13-27-16-6-2-1-3-7-16/h1-3,6-9,11,15H,4-5,10,12-13H2,(H,24,26)/t15-/m1/s1. The minimum Gasteiger partial charge on any atom is -0.355 e. The molecule has 1 atom stereocenters. The van der Waals surface area contributed by atoms with Gasteiger partial charge < -0.3 is 10.2 Å². The van der Waals surface area contributed by atoms with Crippen LogP contribution in [0.25, 0.3) is 0 Å². The molecule has 0 bridgehead atoms. The Labute approximate surface area is 160 Å². The van der Waals surface area contributed by atoms with Crippen LogP contribution in [-0.2, 0) is 11.0 Å². The number of nitrogens with zero attached hydrogens (tertiary/aromatic N) is 2. The van der Waals surface area contributed by atoms with Crippen molar-refractivity contribution in [2.45, 2.75) is 30.0 Å². The maximum absolute atomic E-state index is 12.7. The highest BCUT2D eigenvalue weighted by Crippen LogP contribution is 2.29. The Bertz CT molecular complexity index is 753. The Kier molecular flexibility index (Phi) is 6.26. The molecule has 144 valence electrons. The number of aromatic nitrogens is 1. The molecule has 1 aliphatic rings. The van der Waals surface area contributed by atoms with Crippen molar-refractivity contribution in [3.05, 3.63) is 54.2 Å². The van der Waals surface area contributed by atoms with Crippen LogP contribution in [0.2, 0.25) is 0 Å². The third-order valence-electron chi connectivity index (χ3n) is 4.30. The second-order valence-corrected chi connectivity index (χ2v) is 7.41. The molecule has 0 radical (unpaired) electrons. The average Bonchev–Trinajstić information content (AvgIpc) is 2.67. The van der Waals surface area contributed by atoms with Crippen molar-refractivity contribution in [3.63, 3.8) is 0 Å². The predicted octanol–water partition coefficient (Wildman–Crippen LogP) is 3.98. The molecular weight excluding hydrogens is 375 g/mol.